The van der Waals surface area contributed by atoms with Crippen LogP contribution in [0.5, 0.6) is 0 Å². The van der Waals surface area contributed by atoms with Crippen molar-refractivity contribution in [3.8, 4) is 0 Å². The first-order valence-electron chi connectivity index (χ1n) is 5.95. The lowest BCUT2D eigenvalue weighted by atomic mass is 9.89. The second-order valence-electron chi connectivity index (χ2n) is 5.05. The molecule has 5 heteroatoms. The lowest BCUT2D eigenvalue weighted by Crippen LogP contribution is -2.26. The van der Waals surface area contributed by atoms with Crippen molar-refractivity contribution in [2.75, 3.05) is 13.2 Å². The van der Waals surface area contributed by atoms with E-state index < -0.39 is 0 Å². The molecule has 0 aliphatic heterocycles. The van der Waals surface area contributed by atoms with Gasteiger partial charge in [0.25, 0.3) is 5.91 Å². The van der Waals surface area contributed by atoms with Gasteiger partial charge in [0.05, 0.1) is 0 Å². The highest BCUT2D eigenvalue weighted by Gasteiger charge is 2.15. The normalized spacial score (nSPS) is 11.3. The minimum Gasteiger partial charge on any atom is -0.396 e. The third-order valence-electron chi connectivity index (χ3n) is 2.73. The summed E-state index contributed by atoms with van der Waals surface area (Å²) in [6, 6.07) is 3.37. The van der Waals surface area contributed by atoms with Crippen LogP contribution in [0.1, 0.15) is 37.0 Å². The molecule has 0 saturated heterocycles. The molecule has 0 spiro atoms. The van der Waals surface area contributed by atoms with Crippen LogP contribution in [0, 0.1) is 5.41 Å². The van der Waals surface area contributed by atoms with Gasteiger partial charge in [-0.25, -0.2) is 4.98 Å². The summed E-state index contributed by atoms with van der Waals surface area (Å²) in [6.45, 7) is 4.80. The van der Waals surface area contributed by atoms with E-state index in [1.807, 2.05) is 13.8 Å². The number of carbonyl (C=O) groups is 1. The Morgan fingerprint density at radius 1 is 1.56 bits per heavy atom. The largest absolute Gasteiger partial charge is 0.396 e. The number of hydrogen-bond donors (Lipinski definition) is 2. The van der Waals surface area contributed by atoms with Crippen LogP contribution in [-0.2, 0) is 0 Å². The van der Waals surface area contributed by atoms with Gasteiger partial charge in [-0.2, -0.15) is 0 Å². The van der Waals surface area contributed by atoms with E-state index in [1.54, 1.807) is 18.3 Å². The monoisotopic (exact) mass is 314 g/mol. The Labute approximate surface area is 116 Å². The summed E-state index contributed by atoms with van der Waals surface area (Å²) >= 11 is 3.23. The highest BCUT2D eigenvalue weighted by Crippen LogP contribution is 2.20. The van der Waals surface area contributed by atoms with Crippen LogP contribution in [0.25, 0.3) is 0 Å². The maximum Gasteiger partial charge on any atom is 0.251 e. The number of aliphatic hydroxyl groups excluding tert-OH is 1. The van der Waals surface area contributed by atoms with Crippen molar-refractivity contribution in [3.05, 3.63) is 28.5 Å². The van der Waals surface area contributed by atoms with E-state index in [9.17, 15) is 4.79 Å². The number of aromatic nitrogens is 1. The van der Waals surface area contributed by atoms with Gasteiger partial charge in [0.1, 0.15) is 4.60 Å². The van der Waals surface area contributed by atoms with Crippen LogP contribution in [0.2, 0.25) is 0 Å². The Morgan fingerprint density at radius 2 is 2.28 bits per heavy atom. The number of nitrogens with zero attached hydrogens (tertiary/aromatic N) is 1. The standard InChI is InChI=1S/C13H19BrN2O2/c1-13(2,9-17)5-3-6-16-12(18)10-4-7-15-11(14)8-10/h4,7-8,17H,3,5-6,9H2,1-2H3,(H,16,18). The van der Waals surface area contributed by atoms with Crippen molar-refractivity contribution in [1.29, 1.82) is 0 Å². The molecule has 0 fully saturated rings. The molecule has 18 heavy (non-hydrogen) atoms. The molecule has 1 amide bonds. The second kappa shape index (κ2) is 6.85. The molecular formula is C13H19BrN2O2. The molecule has 1 heterocycles. The average Bonchev–Trinajstić information content (AvgIpc) is 2.34. The van der Waals surface area contributed by atoms with Crippen LogP contribution in [0.4, 0.5) is 0 Å². The van der Waals surface area contributed by atoms with Crippen molar-refractivity contribution in [1.82, 2.24) is 10.3 Å². The Morgan fingerprint density at radius 3 is 2.89 bits per heavy atom. The molecule has 0 bridgehead atoms. The zero-order valence-corrected chi connectivity index (χ0v) is 12.3. The van der Waals surface area contributed by atoms with Gasteiger partial charge in [0.2, 0.25) is 0 Å². The Hall–Kier alpha value is -0.940. The lowest BCUT2D eigenvalue weighted by Gasteiger charge is -2.21. The number of hydrogen-bond acceptors (Lipinski definition) is 3. The first-order chi connectivity index (χ1) is 8.44. The van der Waals surface area contributed by atoms with E-state index in [-0.39, 0.29) is 17.9 Å². The molecule has 0 aliphatic rings. The van der Waals surface area contributed by atoms with E-state index in [0.29, 0.717) is 16.7 Å². The molecule has 1 rings (SSSR count). The molecule has 0 aromatic carbocycles. The average molecular weight is 315 g/mol. The van der Waals surface area contributed by atoms with Crippen molar-refractivity contribution in [3.63, 3.8) is 0 Å². The molecule has 0 saturated carbocycles. The van der Waals surface area contributed by atoms with Crippen LogP contribution in [0.15, 0.2) is 22.9 Å². The van der Waals surface area contributed by atoms with E-state index in [2.05, 4.69) is 26.2 Å². The fourth-order valence-corrected chi connectivity index (χ4v) is 1.86. The fraction of sp³-hybridized carbons (Fsp3) is 0.538. The first-order valence-corrected chi connectivity index (χ1v) is 6.74. The first kappa shape index (κ1) is 15.1. The number of amides is 1. The molecule has 0 radical (unpaired) electrons. The number of nitrogens with one attached hydrogen (secondary N) is 1. The summed E-state index contributed by atoms with van der Waals surface area (Å²) in [5, 5.41) is 12.0. The van der Waals surface area contributed by atoms with E-state index in [1.165, 1.54) is 0 Å². The lowest BCUT2D eigenvalue weighted by molar-refractivity contribution is 0.0948. The smallest absolute Gasteiger partial charge is 0.251 e. The van der Waals surface area contributed by atoms with Crippen LogP contribution >= 0.6 is 15.9 Å². The van der Waals surface area contributed by atoms with Crippen LogP contribution < -0.4 is 5.32 Å². The Balaban J connectivity index is 2.34. The molecule has 2 N–H and O–H groups in total. The number of carbonyl (C=O) groups excluding carboxylic acids is 1. The second-order valence-corrected chi connectivity index (χ2v) is 5.86. The number of pyridine rings is 1. The zero-order chi connectivity index (χ0) is 13.6. The Kier molecular flexibility index (Phi) is 5.75. The maximum absolute atomic E-state index is 11.8. The van der Waals surface area contributed by atoms with Crippen molar-refractivity contribution < 1.29 is 9.90 Å². The SMILES string of the molecule is CC(C)(CO)CCCNC(=O)c1ccnc(Br)c1. The van der Waals surface area contributed by atoms with E-state index in [0.717, 1.165) is 12.8 Å². The van der Waals surface area contributed by atoms with Crippen molar-refractivity contribution in [2.24, 2.45) is 5.41 Å². The molecule has 1 aromatic heterocycles. The summed E-state index contributed by atoms with van der Waals surface area (Å²) in [6.07, 6.45) is 3.32. The minimum atomic E-state index is -0.0973. The van der Waals surface area contributed by atoms with Gasteiger partial charge < -0.3 is 10.4 Å². The number of rotatable bonds is 6. The number of aliphatic hydroxyl groups is 1. The molecule has 0 unspecified atom stereocenters. The highest BCUT2D eigenvalue weighted by atomic mass is 79.9. The maximum atomic E-state index is 11.8. The quantitative estimate of drug-likeness (QED) is 0.626. The minimum absolute atomic E-state index is 0.0789. The van der Waals surface area contributed by atoms with Gasteiger partial charge in [-0.05, 0) is 46.3 Å². The summed E-state index contributed by atoms with van der Waals surface area (Å²) in [4.78, 5) is 15.8. The third-order valence-corrected chi connectivity index (χ3v) is 3.17. The zero-order valence-electron chi connectivity index (χ0n) is 10.7. The van der Waals surface area contributed by atoms with Gasteiger partial charge in [0.15, 0.2) is 0 Å². The summed E-state index contributed by atoms with van der Waals surface area (Å²) in [5.74, 6) is -0.0973. The van der Waals surface area contributed by atoms with Gasteiger partial charge in [-0.15, -0.1) is 0 Å². The summed E-state index contributed by atoms with van der Waals surface area (Å²) in [5.41, 5.74) is 0.517. The molecule has 4 nitrogen and oxygen atoms in total. The molecule has 0 aliphatic carbocycles. The van der Waals surface area contributed by atoms with Crippen molar-refractivity contribution >= 4 is 21.8 Å². The van der Waals surface area contributed by atoms with Crippen LogP contribution in [0.3, 0.4) is 0 Å². The van der Waals surface area contributed by atoms with E-state index >= 15 is 0 Å². The highest BCUT2D eigenvalue weighted by molar-refractivity contribution is 9.10. The fourth-order valence-electron chi connectivity index (χ4n) is 1.49. The predicted octanol–water partition coefficient (Wildman–Crippen LogP) is 2.37. The molecule has 100 valence electrons. The number of halogens is 1. The van der Waals surface area contributed by atoms with Crippen LogP contribution in [-0.4, -0.2) is 29.1 Å². The molecule has 1 aromatic rings. The molecular weight excluding hydrogens is 296 g/mol. The van der Waals surface area contributed by atoms with Gasteiger partial charge >= 0.3 is 0 Å². The third kappa shape index (κ3) is 5.14. The van der Waals surface area contributed by atoms with Gasteiger partial charge in [0, 0.05) is 24.9 Å². The topological polar surface area (TPSA) is 62.2 Å². The van der Waals surface area contributed by atoms with Gasteiger partial charge in [-0.3, -0.25) is 4.79 Å². The summed E-state index contributed by atoms with van der Waals surface area (Å²) in [7, 11) is 0. The summed E-state index contributed by atoms with van der Waals surface area (Å²) < 4.78 is 0.650. The molecule has 0 atom stereocenters. The van der Waals surface area contributed by atoms with Gasteiger partial charge in [-0.1, -0.05) is 13.8 Å². The Bertz CT molecular complexity index is 408. The predicted molar refractivity (Wildman–Crippen MR) is 74.4 cm³/mol. The van der Waals surface area contributed by atoms with Crippen molar-refractivity contribution in [2.45, 2.75) is 26.7 Å². The van der Waals surface area contributed by atoms with E-state index in [4.69, 9.17) is 5.11 Å².